The van der Waals surface area contributed by atoms with Gasteiger partial charge in [-0.3, -0.25) is 0 Å². The van der Waals surface area contributed by atoms with E-state index >= 15 is 0 Å². The lowest BCUT2D eigenvalue weighted by Crippen LogP contribution is -2.15. The first kappa shape index (κ1) is 11.1. The zero-order valence-electron chi connectivity index (χ0n) is 9.17. The van der Waals surface area contributed by atoms with Gasteiger partial charge >= 0.3 is 0 Å². The molecule has 0 saturated carbocycles. The molecule has 0 radical (unpaired) electrons. The molecule has 78 valence electrons. The molecule has 1 atom stereocenters. The van der Waals surface area contributed by atoms with Crippen molar-refractivity contribution in [2.24, 2.45) is 5.73 Å². The van der Waals surface area contributed by atoms with E-state index in [4.69, 9.17) is 5.73 Å². The van der Waals surface area contributed by atoms with Gasteiger partial charge < -0.3 is 10.8 Å². The van der Waals surface area contributed by atoms with Crippen molar-refractivity contribution in [3.63, 3.8) is 0 Å². The molecular weight excluding hydrogens is 174 g/mol. The molecule has 1 rings (SSSR count). The van der Waals surface area contributed by atoms with Crippen LogP contribution in [0.3, 0.4) is 0 Å². The third-order valence-electron chi connectivity index (χ3n) is 2.56. The number of hydrogen-bond donors (Lipinski definition) is 2. The molecule has 1 aromatic carbocycles. The van der Waals surface area contributed by atoms with E-state index in [0.29, 0.717) is 5.75 Å². The summed E-state index contributed by atoms with van der Waals surface area (Å²) in [6.07, 6.45) is 1.76. The summed E-state index contributed by atoms with van der Waals surface area (Å²) in [5.41, 5.74) is 9.04. The lowest BCUT2D eigenvalue weighted by Gasteiger charge is -2.09. The number of aryl methyl sites for hydroxylation is 3. The van der Waals surface area contributed by atoms with E-state index in [1.165, 1.54) is 5.56 Å². The standard InChI is InChI=1S/C12H19NO/c1-8-6-11(5-4-10(3)13)12(14)7-9(8)2/h6-7,10,14H,4-5,13H2,1-3H3. The van der Waals surface area contributed by atoms with Crippen LogP contribution in [0.15, 0.2) is 12.1 Å². The van der Waals surface area contributed by atoms with Crippen LogP contribution in [-0.4, -0.2) is 11.1 Å². The Hall–Kier alpha value is -1.02. The van der Waals surface area contributed by atoms with Crippen molar-refractivity contribution < 1.29 is 5.11 Å². The number of phenolic OH excluding ortho intramolecular Hbond substituents is 1. The second-order valence-electron chi connectivity index (χ2n) is 4.08. The Morgan fingerprint density at radius 2 is 1.86 bits per heavy atom. The van der Waals surface area contributed by atoms with Gasteiger partial charge in [0.05, 0.1) is 0 Å². The minimum absolute atomic E-state index is 0.191. The Labute approximate surface area is 85.8 Å². The first-order valence-electron chi connectivity index (χ1n) is 5.05. The quantitative estimate of drug-likeness (QED) is 0.773. The van der Waals surface area contributed by atoms with E-state index in [2.05, 4.69) is 6.92 Å². The first-order valence-corrected chi connectivity index (χ1v) is 5.05. The molecule has 0 aliphatic carbocycles. The maximum atomic E-state index is 9.69. The van der Waals surface area contributed by atoms with Gasteiger partial charge in [-0.25, -0.2) is 0 Å². The van der Waals surface area contributed by atoms with Crippen molar-refractivity contribution in [3.8, 4) is 5.75 Å². The molecule has 3 N–H and O–H groups in total. The molecule has 0 amide bonds. The van der Waals surface area contributed by atoms with Gasteiger partial charge in [0, 0.05) is 6.04 Å². The minimum atomic E-state index is 0.191. The van der Waals surface area contributed by atoms with Gasteiger partial charge in [0.1, 0.15) is 5.75 Å². The van der Waals surface area contributed by atoms with Crippen molar-refractivity contribution in [2.75, 3.05) is 0 Å². The van der Waals surface area contributed by atoms with Crippen LogP contribution >= 0.6 is 0 Å². The highest BCUT2D eigenvalue weighted by Gasteiger charge is 2.05. The first-order chi connectivity index (χ1) is 6.50. The molecule has 0 spiro atoms. The van der Waals surface area contributed by atoms with Crippen molar-refractivity contribution in [3.05, 3.63) is 28.8 Å². The fourth-order valence-corrected chi connectivity index (χ4v) is 1.44. The number of aromatic hydroxyl groups is 1. The van der Waals surface area contributed by atoms with E-state index in [1.807, 2.05) is 26.0 Å². The van der Waals surface area contributed by atoms with Crippen molar-refractivity contribution in [1.29, 1.82) is 0 Å². The Morgan fingerprint density at radius 1 is 1.29 bits per heavy atom. The number of nitrogens with two attached hydrogens (primary N) is 1. The van der Waals surface area contributed by atoms with Gasteiger partial charge in [-0.2, -0.15) is 0 Å². The van der Waals surface area contributed by atoms with Gasteiger partial charge in [-0.1, -0.05) is 6.07 Å². The average molecular weight is 193 g/mol. The third kappa shape index (κ3) is 2.74. The van der Waals surface area contributed by atoms with E-state index in [1.54, 1.807) is 0 Å². The van der Waals surface area contributed by atoms with Gasteiger partial charge in [-0.05, 0) is 56.4 Å². The van der Waals surface area contributed by atoms with Crippen LogP contribution in [0.4, 0.5) is 0 Å². The molecule has 0 bridgehead atoms. The Morgan fingerprint density at radius 3 is 2.43 bits per heavy atom. The topological polar surface area (TPSA) is 46.2 Å². The molecule has 0 heterocycles. The smallest absolute Gasteiger partial charge is 0.119 e. The highest BCUT2D eigenvalue weighted by molar-refractivity contribution is 5.40. The zero-order chi connectivity index (χ0) is 10.7. The normalized spacial score (nSPS) is 12.9. The van der Waals surface area contributed by atoms with E-state index in [-0.39, 0.29) is 6.04 Å². The largest absolute Gasteiger partial charge is 0.508 e. The maximum Gasteiger partial charge on any atom is 0.119 e. The summed E-state index contributed by atoms with van der Waals surface area (Å²) in [6.45, 7) is 6.05. The molecule has 2 nitrogen and oxygen atoms in total. The van der Waals surface area contributed by atoms with Crippen LogP contribution in [0, 0.1) is 13.8 Å². The Bertz CT molecular complexity index is 318. The van der Waals surface area contributed by atoms with Crippen molar-refractivity contribution >= 4 is 0 Å². The van der Waals surface area contributed by atoms with Gasteiger partial charge in [0.25, 0.3) is 0 Å². The zero-order valence-corrected chi connectivity index (χ0v) is 9.17. The van der Waals surface area contributed by atoms with Crippen LogP contribution < -0.4 is 5.73 Å². The fourth-order valence-electron chi connectivity index (χ4n) is 1.44. The summed E-state index contributed by atoms with van der Waals surface area (Å²) in [4.78, 5) is 0. The number of phenols is 1. The SMILES string of the molecule is Cc1cc(O)c(CCC(C)N)cc1C. The molecule has 0 aliphatic rings. The Kier molecular flexibility index (Phi) is 3.53. The van der Waals surface area contributed by atoms with Crippen LogP contribution in [0.2, 0.25) is 0 Å². The van der Waals surface area contributed by atoms with E-state index < -0.39 is 0 Å². The Balaban J connectivity index is 2.82. The minimum Gasteiger partial charge on any atom is -0.508 e. The number of hydrogen-bond acceptors (Lipinski definition) is 2. The van der Waals surface area contributed by atoms with Gasteiger partial charge in [-0.15, -0.1) is 0 Å². The molecule has 0 aromatic heterocycles. The van der Waals surface area contributed by atoms with Gasteiger partial charge in [0.2, 0.25) is 0 Å². The fraction of sp³-hybridized carbons (Fsp3) is 0.500. The summed E-state index contributed by atoms with van der Waals surface area (Å²) in [6, 6.07) is 4.06. The maximum absolute atomic E-state index is 9.69. The molecular formula is C12H19NO. The molecule has 14 heavy (non-hydrogen) atoms. The van der Waals surface area contributed by atoms with E-state index in [0.717, 1.165) is 24.0 Å². The monoisotopic (exact) mass is 193 g/mol. The summed E-state index contributed by atoms with van der Waals surface area (Å²) in [5, 5.41) is 9.69. The number of rotatable bonds is 3. The van der Waals surface area contributed by atoms with Crippen LogP contribution in [0.25, 0.3) is 0 Å². The molecule has 1 aromatic rings. The van der Waals surface area contributed by atoms with Crippen molar-refractivity contribution in [1.82, 2.24) is 0 Å². The highest BCUT2D eigenvalue weighted by atomic mass is 16.3. The highest BCUT2D eigenvalue weighted by Crippen LogP contribution is 2.23. The predicted molar refractivity (Wildman–Crippen MR) is 59.6 cm³/mol. The lowest BCUT2D eigenvalue weighted by molar-refractivity contribution is 0.465. The van der Waals surface area contributed by atoms with Crippen LogP contribution in [0.1, 0.15) is 30.0 Å². The predicted octanol–water partition coefficient (Wildman–Crippen LogP) is 2.29. The summed E-state index contributed by atoms with van der Waals surface area (Å²) >= 11 is 0. The molecule has 2 heteroatoms. The second-order valence-corrected chi connectivity index (χ2v) is 4.08. The van der Waals surface area contributed by atoms with Crippen LogP contribution in [0.5, 0.6) is 5.75 Å². The lowest BCUT2D eigenvalue weighted by atomic mass is 10.0. The summed E-state index contributed by atoms with van der Waals surface area (Å²) in [5.74, 6) is 0.397. The van der Waals surface area contributed by atoms with Gasteiger partial charge in [0.15, 0.2) is 0 Å². The third-order valence-corrected chi connectivity index (χ3v) is 2.56. The van der Waals surface area contributed by atoms with Crippen molar-refractivity contribution in [2.45, 2.75) is 39.7 Å². The second kappa shape index (κ2) is 4.47. The molecule has 1 unspecified atom stereocenters. The molecule has 0 fully saturated rings. The molecule has 0 aliphatic heterocycles. The average Bonchev–Trinajstić information content (AvgIpc) is 2.09. The number of benzene rings is 1. The van der Waals surface area contributed by atoms with E-state index in [9.17, 15) is 5.11 Å². The summed E-state index contributed by atoms with van der Waals surface area (Å²) in [7, 11) is 0. The summed E-state index contributed by atoms with van der Waals surface area (Å²) < 4.78 is 0. The van der Waals surface area contributed by atoms with Crippen LogP contribution in [-0.2, 0) is 6.42 Å². The molecule has 0 saturated heterocycles.